The maximum atomic E-state index is 12.6. The third-order valence-corrected chi connectivity index (χ3v) is 6.30. The Kier molecular flexibility index (Phi) is 6.88. The highest BCUT2D eigenvalue weighted by molar-refractivity contribution is 7.88. The molecule has 1 aromatic carbocycles. The number of hydrogen-bond acceptors (Lipinski definition) is 6. The molecular weight excluding hydrogens is 440 g/mol. The van der Waals surface area contributed by atoms with E-state index in [-0.39, 0.29) is 17.9 Å². The number of halogens is 1. The molecule has 2 aromatic rings. The number of ether oxygens (including phenoxy) is 1. The van der Waals surface area contributed by atoms with Gasteiger partial charge in [-0.15, -0.1) is 0 Å². The van der Waals surface area contributed by atoms with Gasteiger partial charge in [0.2, 0.25) is 15.3 Å². The first-order chi connectivity index (χ1) is 14.4. The number of amides is 1. The van der Waals surface area contributed by atoms with Crippen molar-refractivity contribution in [2.24, 2.45) is 0 Å². The molecule has 168 valence electrons. The molecule has 1 saturated heterocycles. The minimum absolute atomic E-state index is 0.147. The molecule has 1 fully saturated rings. The predicted octanol–water partition coefficient (Wildman–Crippen LogP) is 3.57. The standard InChI is InChI=1S/C21H27ClN4O4S/c1-21(2,3)30-20(27)25-11-9-17(14-25)26(31(4,28)29)13-15-6-5-7-16(12-15)18-8-10-23-19(22)24-18/h5-8,10,12,17H,9,11,13-14H2,1-4H3. The van der Waals surface area contributed by atoms with Gasteiger partial charge in [0.15, 0.2) is 0 Å². The van der Waals surface area contributed by atoms with Crippen LogP contribution in [0.15, 0.2) is 36.5 Å². The summed E-state index contributed by atoms with van der Waals surface area (Å²) in [6.07, 6.45) is 2.89. The van der Waals surface area contributed by atoms with Crippen molar-refractivity contribution in [1.82, 2.24) is 19.2 Å². The summed E-state index contributed by atoms with van der Waals surface area (Å²) in [7, 11) is -3.51. The normalized spacial score (nSPS) is 17.2. The lowest BCUT2D eigenvalue weighted by atomic mass is 10.1. The van der Waals surface area contributed by atoms with Gasteiger partial charge < -0.3 is 9.64 Å². The number of nitrogens with zero attached hydrogens (tertiary/aromatic N) is 4. The van der Waals surface area contributed by atoms with Gasteiger partial charge in [0.1, 0.15) is 5.60 Å². The van der Waals surface area contributed by atoms with E-state index in [0.29, 0.717) is 25.2 Å². The van der Waals surface area contributed by atoms with E-state index in [9.17, 15) is 13.2 Å². The SMILES string of the molecule is CC(C)(C)OC(=O)N1CCC(N(Cc2cccc(-c3ccnc(Cl)n3)c2)S(C)(=O)=O)C1. The predicted molar refractivity (Wildman–Crippen MR) is 119 cm³/mol. The number of rotatable bonds is 5. The van der Waals surface area contributed by atoms with Crippen LogP contribution in [0.2, 0.25) is 5.28 Å². The fourth-order valence-corrected chi connectivity index (χ4v) is 4.74. The van der Waals surface area contributed by atoms with Crippen molar-refractivity contribution in [3.05, 3.63) is 47.4 Å². The van der Waals surface area contributed by atoms with E-state index in [4.69, 9.17) is 16.3 Å². The second kappa shape index (κ2) is 9.10. The molecule has 1 amide bonds. The van der Waals surface area contributed by atoms with Gasteiger partial charge in [-0.2, -0.15) is 4.31 Å². The van der Waals surface area contributed by atoms with Crippen LogP contribution in [0.1, 0.15) is 32.8 Å². The van der Waals surface area contributed by atoms with Crippen molar-refractivity contribution in [1.29, 1.82) is 0 Å². The van der Waals surface area contributed by atoms with Gasteiger partial charge in [-0.25, -0.2) is 23.2 Å². The molecule has 1 atom stereocenters. The Morgan fingerprint density at radius 3 is 2.71 bits per heavy atom. The first-order valence-electron chi connectivity index (χ1n) is 9.95. The molecule has 0 aliphatic carbocycles. The zero-order chi connectivity index (χ0) is 22.8. The lowest BCUT2D eigenvalue weighted by Gasteiger charge is -2.28. The van der Waals surface area contributed by atoms with Crippen LogP contribution in [0.25, 0.3) is 11.3 Å². The van der Waals surface area contributed by atoms with Gasteiger partial charge in [-0.05, 0) is 56.5 Å². The Labute approximate surface area is 188 Å². The number of benzene rings is 1. The number of likely N-dealkylation sites (tertiary alicyclic amines) is 1. The molecule has 2 heterocycles. The molecule has 1 aliphatic heterocycles. The third-order valence-electron chi connectivity index (χ3n) is 4.84. The number of hydrogen-bond donors (Lipinski definition) is 0. The first kappa shape index (κ1) is 23.4. The highest BCUT2D eigenvalue weighted by atomic mass is 35.5. The van der Waals surface area contributed by atoms with E-state index in [1.807, 2.05) is 24.3 Å². The molecule has 3 rings (SSSR count). The summed E-state index contributed by atoms with van der Waals surface area (Å²) in [6, 6.07) is 8.91. The van der Waals surface area contributed by atoms with Crippen LogP contribution in [0.3, 0.4) is 0 Å². The smallest absolute Gasteiger partial charge is 0.410 e. The molecule has 1 aromatic heterocycles. The van der Waals surface area contributed by atoms with E-state index in [1.54, 1.807) is 37.9 Å². The van der Waals surface area contributed by atoms with Crippen LogP contribution >= 0.6 is 11.6 Å². The third kappa shape index (κ3) is 6.38. The van der Waals surface area contributed by atoms with Crippen LogP contribution < -0.4 is 0 Å². The summed E-state index contributed by atoms with van der Waals surface area (Å²) in [5, 5.41) is 0.147. The summed E-state index contributed by atoms with van der Waals surface area (Å²) in [5.74, 6) is 0. The van der Waals surface area contributed by atoms with Crippen LogP contribution in [0.4, 0.5) is 4.79 Å². The maximum absolute atomic E-state index is 12.6. The topological polar surface area (TPSA) is 92.7 Å². The lowest BCUT2D eigenvalue weighted by molar-refractivity contribution is 0.0286. The van der Waals surface area contributed by atoms with Crippen molar-refractivity contribution in [2.45, 2.75) is 45.4 Å². The minimum Gasteiger partial charge on any atom is -0.444 e. The lowest BCUT2D eigenvalue weighted by Crippen LogP contribution is -2.42. The zero-order valence-corrected chi connectivity index (χ0v) is 19.7. The van der Waals surface area contributed by atoms with Crippen LogP contribution in [-0.4, -0.2) is 64.7 Å². The fraction of sp³-hybridized carbons (Fsp3) is 0.476. The van der Waals surface area contributed by atoms with Crippen molar-refractivity contribution < 1.29 is 17.9 Å². The molecule has 1 unspecified atom stereocenters. The van der Waals surface area contributed by atoms with E-state index in [2.05, 4.69) is 9.97 Å². The van der Waals surface area contributed by atoms with Crippen LogP contribution in [-0.2, 0) is 21.3 Å². The highest BCUT2D eigenvalue weighted by Gasteiger charge is 2.36. The molecule has 31 heavy (non-hydrogen) atoms. The molecule has 0 spiro atoms. The molecule has 10 heteroatoms. The van der Waals surface area contributed by atoms with Crippen LogP contribution in [0.5, 0.6) is 0 Å². The van der Waals surface area contributed by atoms with E-state index in [1.165, 1.54) is 10.6 Å². The second-order valence-corrected chi connectivity index (χ2v) is 10.9. The summed E-state index contributed by atoms with van der Waals surface area (Å²) < 4.78 is 32.0. The maximum Gasteiger partial charge on any atom is 0.410 e. The van der Waals surface area contributed by atoms with E-state index < -0.39 is 21.7 Å². The molecule has 0 N–H and O–H groups in total. The van der Waals surface area contributed by atoms with Gasteiger partial charge >= 0.3 is 6.09 Å². The Balaban J connectivity index is 1.78. The molecule has 0 bridgehead atoms. The summed E-state index contributed by atoms with van der Waals surface area (Å²) in [6.45, 7) is 6.35. The van der Waals surface area contributed by atoms with Gasteiger partial charge in [0.25, 0.3) is 0 Å². The number of aromatic nitrogens is 2. The Morgan fingerprint density at radius 1 is 1.32 bits per heavy atom. The highest BCUT2D eigenvalue weighted by Crippen LogP contribution is 2.25. The molecule has 0 saturated carbocycles. The Morgan fingerprint density at radius 2 is 2.06 bits per heavy atom. The van der Waals surface area contributed by atoms with Gasteiger partial charge in [0.05, 0.1) is 11.9 Å². The zero-order valence-electron chi connectivity index (χ0n) is 18.1. The largest absolute Gasteiger partial charge is 0.444 e. The molecular formula is C21H27ClN4O4S. The first-order valence-corrected chi connectivity index (χ1v) is 12.2. The second-order valence-electron chi connectivity index (χ2n) is 8.59. The fourth-order valence-electron chi connectivity index (χ4n) is 3.49. The van der Waals surface area contributed by atoms with Gasteiger partial charge in [-0.3, -0.25) is 0 Å². The summed E-state index contributed by atoms with van der Waals surface area (Å²) in [5.41, 5.74) is 1.69. The minimum atomic E-state index is -3.51. The Bertz CT molecular complexity index is 1060. The van der Waals surface area contributed by atoms with Gasteiger partial charge in [-0.1, -0.05) is 18.2 Å². The average molecular weight is 467 g/mol. The Hall–Kier alpha value is -2.23. The number of carbonyl (C=O) groups excluding carboxylic acids is 1. The monoisotopic (exact) mass is 466 g/mol. The van der Waals surface area contributed by atoms with Gasteiger partial charge in [0, 0.05) is 37.4 Å². The molecule has 1 aliphatic rings. The summed E-state index contributed by atoms with van der Waals surface area (Å²) in [4.78, 5) is 22.0. The average Bonchev–Trinajstić information content (AvgIpc) is 3.14. The van der Waals surface area contributed by atoms with Crippen molar-refractivity contribution >= 4 is 27.7 Å². The molecule has 0 radical (unpaired) electrons. The quantitative estimate of drug-likeness (QED) is 0.625. The van der Waals surface area contributed by atoms with E-state index >= 15 is 0 Å². The van der Waals surface area contributed by atoms with Crippen molar-refractivity contribution in [3.63, 3.8) is 0 Å². The van der Waals surface area contributed by atoms with Crippen LogP contribution in [0, 0.1) is 0 Å². The van der Waals surface area contributed by atoms with E-state index in [0.717, 1.165) is 11.1 Å². The van der Waals surface area contributed by atoms with Crippen molar-refractivity contribution in [3.8, 4) is 11.3 Å². The molecule has 8 nitrogen and oxygen atoms in total. The number of sulfonamides is 1. The van der Waals surface area contributed by atoms with Crippen molar-refractivity contribution in [2.75, 3.05) is 19.3 Å². The summed E-state index contributed by atoms with van der Waals surface area (Å²) >= 11 is 5.89. The number of carbonyl (C=O) groups is 1.